The van der Waals surface area contributed by atoms with E-state index >= 15 is 0 Å². The summed E-state index contributed by atoms with van der Waals surface area (Å²) in [4.78, 5) is 13.9. The van der Waals surface area contributed by atoms with Crippen molar-refractivity contribution < 1.29 is 9.53 Å². The summed E-state index contributed by atoms with van der Waals surface area (Å²) in [6, 6.07) is 5.49. The fraction of sp³-hybridized carbons (Fsp3) is 0.533. The maximum absolute atomic E-state index is 12.2. The van der Waals surface area contributed by atoms with Gasteiger partial charge in [-0.1, -0.05) is 35.3 Å². The molecular formula is C15H20Cl2N2O2. The van der Waals surface area contributed by atoms with Crippen LogP contribution >= 0.6 is 23.2 Å². The molecule has 6 heteroatoms. The minimum Gasteiger partial charge on any atom is -0.444 e. The molecule has 0 bridgehead atoms. The highest BCUT2D eigenvalue weighted by Gasteiger charge is 2.29. The Morgan fingerprint density at radius 1 is 1.38 bits per heavy atom. The van der Waals surface area contributed by atoms with Gasteiger partial charge in [-0.2, -0.15) is 0 Å². The molecule has 1 heterocycles. The predicted octanol–water partition coefficient (Wildman–Crippen LogP) is 3.87. The van der Waals surface area contributed by atoms with Crippen LogP contribution in [-0.4, -0.2) is 36.2 Å². The van der Waals surface area contributed by atoms with Crippen molar-refractivity contribution in [3.05, 3.63) is 33.8 Å². The monoisotopic (exact) mass is 330 g/mol. The van der Waals surface area contributed by atoms with Gasteiger partial charge in [0.15, 0.2) is 0 Å². The molecule has 1 saturated heterocycles. The van der Waals surface area contributed by atoms with E-state index in [1.54, 1.807) is 11.0 Å². The van der Waals surface area contributed by atoms with Crippen LogP contribution in [0.15, 0.2) is 18.2 Å². The number of carbonyl (C=O) groups is 1. The Morgan fingerprint density at radius 3 is 2.76 bits per heavy atom. The summed E-state index contributed by atoms with van der Waals surface area (Å²) in [6.07, 6.45) is -0.299. The first-order valence-corrected chi connectivity index (χ1v) is 7.69. The average molecular weight is 331 g/mol. The number of carbonyl (C=O) groups excluding carboxylic acids is 1. The topological polar surface area (TPSA) is 41.6 Å². The zero-order valence-corrected chi connectivity index (χ0v) is 14.0. The summed E-state index contributed by atoms with van der Waals surface area (Å²) in [7, 11) is 0. The Kier molecular flexibility index (Phi) is 5.02. The number of hydrogen-bond acceptors (Lipinski definition) is 3. The Balaban J connectivity index is 2.10. The number of nitrogens with zero attached hydrogens (tertiary/aromatic N) is 1. The molecule has 0 aromatic heterocycles. The van der Waals surface area contributed by atoms with Gasteiger partial charge in [0, 0.05) is 19.6 Å². The molecule has 0 unspecified atom stereocenters. The van der Waals surface area contributed by atoms with Gasteiger partial charge in [0.05, 0.1) is 16.1 Å². The smallest absolute Gasteiger partial charge is 0.410 e. The number of piperazine rings is 1. The molecule has 1 amide bonds. The Bertz CT molecular complexity index is 529. The molecular weight excluding hydrogens is 311 g/mol. The predicted molar refractivity (Wildman–Crippen MR) is 85.0 cm³/mol. The molecule has 1 N–H and O–H groups in total. The van der Waals surface area contributed by atoms with Crippen molar-refractivity contribution in [2.45, 2.75) is 32.4 Å². The van der Waals surface area contributed by atoms with Crippen molar-refractivity contribution in [3.8, 4) is 0 Å². The third-order valence-electron chi connectivity index (χ3n) is 3.18. The number of hydrogen-bond donors (Lipinski definition) is 1. The highest BCUT2D eigenvalue weighted by molar-refractivity contribution is 6.42. The lowest BCUT2D eigenvalue weighted by atomic mass is 10.0. The zero-order valence-electron chi connectivity index (χ0n) is 12.5. The maximum Gasteiger partial charge on any atom is 0.410 e. The van der Waals surface area contributed by atoms with Gasteiger partial charge in [0.2, 0.25) is 0 Å². The standard InChI is InChI=1S/C15H20Cl2N2O2/c1-15(2,3)21-14(20)19-8-7-18-12(9-19)10-5-4-6-11(16)13(10)17/h4-6,12,18H,7-9H2,1-3H3/t12-/m0/s1. The summed E-state index contributed by atoms with van der Waals surface area (Å²) >= 11 is 12.3. The maximum atomic E-state index is 12.2. The van der Waals surface area contributed by atoms with Gasteiger partial charge in [0.25, 0.3) is 0 Å². The summed E-state index contributed by atoms with van der Waals surface area (Å²) in [5.74, 6) is 0. The third-order valence-corrected chi connectivity index (χ3v) is 4.02. The summed E-state index contributed by atoms with van der Waals surface area (Å²) < 4.78 is 5.42. The van der Waals surface area contributed by atoms with Crippen LogP contribution in [0.1, 0.15) is 32.4 Å². The van der Waals surface area contributed by atoms with Crippen LogP contribution in [0.25, 0.3) is 0 Å². The minimum absolute atomic E-state index is 0.0440. The quantitative estimate of drug-likeness (QED) is 0.849. The van der Waals surface area contributed by atoms with E-state index in [4.69, 9.17) is 27.9 Å². The molecule has 2 rings (SSSR count). The van der Waals surface area contributed by atoms with Crippen LogP contribution in [-0.2, 0) is 4.74 Å². The van der Waals surface area contributed by atoms with E-state index < -0.39 is 5.60 Å². The van der Waals surface area contributed by atoms with Gasteiger partial charge < -0.3 is 15.0 Å². The molecule has 0 aliphatic carbocycles. The average Bonchev–Trinajstić information content (AvgIpc) is 2.40. The van der Waals surface area contributed by atoms with Crippen LogP contribution < -0.4 is 5.32 Å². The molecule has 1 fully saturated rings. The highest BCUT2D eigenvalue weighted by Crippen LogP contribution is 2.31. The van der Waals surface area contributed by atoms with Gasteiger partial charge in [-0.15, -0.1) is 0 Å². The zero-order chi connectivity index (χ0) is 15.6. The fourth-order valence-corrected chi connectivity index (χ4v) is 2.68. The molecule has 0 saturated carbocycles. The molecule has 1 atom stereocenters. The van der Waals surface area contributed by atoms with Gasteiger partial charge >= 0.3 is 6.09 Å². The van der Waals surface area contributed by atoms with E-state index in [2.05, 4.69) is 5.32 Å². The largest absolute Gasteiger partial charge is 0.444 e. The number of halogens is 2. The Hall–Kier alpha value is -0.970. The van der Waals surface area contributed by atoms with E-state index in [1.165, 1.54) is 0 Å². The Morgan fingerprint density at radius 2 is 2.10 bits per heavy atom. The number of rotatable bonds is 1. The van der Waals surface area contributed by atoms with Crippen molar-refractivity contribution in [2.75, 3.05) is 19.6 Å². The van der Waals surface area contributed by atoms with E-state index in [0.717, 1.165) is 5.56 Å². The van der Waals surface area contributed by atoms with E-state index in [1.807, 2.05) is 32.9 Å². The number of nitrogens with one attached hydrogen (secondary N) is 1. The lowest BCUT2D eigenvalue weighted by Crippen LogP contribution is -2.49. The Labute approximate surface area is 135 Å². The van der Waals surface area contributed by atoms with Crippen LogP contribution in [0.4, 0.5) is 4.79 Å². The van der Waals surface area contributed by atoms with Crippen LogP contribution in [0, 0.1) is 0 Å². The minimum atomic E-state index is -0.495. The molecule has 1 aromatic carbocycles. The lowest BCUT2D eigenvalue weighted by molar-refractivity contribution is 0.0195. The molecule has 0 radical (unpaired) electrons. The van der Waals surface area contributed by atoms with Gasteiger partial charge in [-0.25, -0.2) is 4.79 Å². The summed E-state index contributed by atoms with van der Waals surface area (Å²) in [5.41, 5.74) is 0.406. The lowest BCUT2D eigenvalue weighted by Gasteiger charge is -2.35. The van der Waals surface area contributed by atoms with E-state index in [9.17, 15) is 4.79 Å². The third kappa shape index (κ3) is 4.25. The van der Waals surface area contributed by atoms with Crippen molar-refractivity contribution in [1.29, 1.82) is 0 Å². The van der Waals surface area contributed by atoms with Crippen molar-refractivity contribution in [2.24, 2.45) is 0 Å². The second-order valence-electron chi connectivity index (χ2n) is 6.08. The van der Waals surface area contributed by atoms with Gasteiger partial charge in [0.1, 0.15) is 5.60 Å². The van der Waals surface area contributed by atoms with Crippen LogP contribution in [0.5, 0.6) is 0 Å². The SMILES string of the molecule is CC(C)(C)OC(=O)N1CCN[C@H](c2cccc(Cl)c2Cl)C1. The summed E-state index contributed by atoms with van der Waals surface area (Å²) in [5, 5.41) is 4.41. The van der Waals surface area contributed by atoms with Crippen molar-refractivity contribution >= 4 is 29.3 Å². The first-order chi connectivity index (χ1) is 9.78. The molecule has 4 nitrogen and oxygen atoms in total. The number of benzene rings is 1. The molecule has 21 heavy (non-hydrogen) atoms. The molecule has 116 valence electrons. The highest BCUT2D eigenvalue weighted by atomic mass is 35.5. The number of amides is 1. The first kappa shape index (κ1) is 16.4. The second-order valence-corrected chi connectivity index (χ2v) is 6.86. The molecule has 1 aliphatic rings. The van der Waals surface area contributed by atoms with E-state index in [-0.39, 0.29) is 12.1 Å². The van der Waals surface area contributed by atoms with Crippen LogP contribution in [0.3, 0.4) is 0 Å². The summed E-state index contributed by atoms with van der Waals surface area (Å²) in [6.45, 7) is 7.39. The van der Waals surface area contributed by atoms with E-state index in [0.29, 0.717) is 29.7 Å². The molecule has 1 aliphatic heterocycles. The van der Waals surface area contributed by atoms with Gasteiger partial charge in [-0.3, -0.25) is 0 Å². The van der Waals surface area contributed by atoms with Gasteiger partial charge in [-0.05, 0) is 32.4 Å². The fourth-order valence-electron chi connectivity index (χ4n) is 2.24. The molecule has 1 aromatic rings. The number of ether oxygens (including phenoxy) is 1. The van der Waals surface area contributed by atoms with Crippen LogP contribution in [0.2, 0.25) is 10.0 Å². The second kappa shape index (κ2) is 6.42. The van der Waals surface area contributed by atoms with Crippen molar-refractivity contribution in [3.63, 3.8) is 0 Å². The molecule has 0 spiro atoms. The van der Waals surface area contributed by atoms with Crippen molar-refractivity contribution in [1.82, 2.24) is 10.2 Å². The normalized spacial score (nSPS) is 19.5. The first-order valence-electron chi connectivity index (χ1n) is 6.93.